The van der Waals surface area contributed by atoms with E-state index < -0.39 is 9.84 Å². The molecule has 1 atom stereocenters. The van der Waals surface area contributed by atoms with Crippen molar-refractivity contribution < 1.29 is 8.42 Å². The van der Waals surface area contributed by atoms with Gasteiger partial charge in [-0.1, -0.05) is 0 Å². The zero-order valence-corrected chi connectivity index (χ0v) is 10.5. The minimum Gasteiger partial charge on any atom is -0.351 e. The Hall–Kier alpha value is -1.21. The lowest BCUT2D eigenvalue weighted by Gasteiger charge is -2.33. The average molecular weight is 256 g/mol. The molecule has 1 aliphatic heterocycles. The van der Waals surface area contributed by atoms with Crippen LogP contribution in [0.4, 0.5) is 5.82 Å². The fraction of sp³-hybridized carbons (Fsp3) is 0.600. The van der Waals surface area contributed by atoms with Crippen molar-refractivity contribution in [2.45, 2.75) is 19.5 Å². The lowest BCUT2D eigenvalue weighted by Crippen LogP contribution is -2.47. The van der Waals surface area contributed by atoms with Crippen LogP contribution < -0.4 is 10.6 Å². The fourth-order valence-corrected chi connectivity index (χ4v) is 3.53. The van der Waals surface area contributed by atoms with E-state index in [1.54, 1.807) is 12.4 Å². The van der Waals surface area contributed by atoms with Crippen LogP contribution in [0, 0.1) is 0 Å². The molecule has 0 saturated carbocycles. The van der Waals surface area contributed by atoms with Crippen LogP contribution in [0.15, 0.2) is 12.4 Å². The van der Waals surface area contributed by atoms with Gasteiger partial charge in [0.05, 0.1) is 23.4 Å². The van der Waals surface area contributed by atoms with Gasteiger partial charge >= 0.3 is 0 Å². The molecular weight excluding hydrogens is 240 g/mol. The number of rotatable bonds is 2. The molecule has 7 heteroatoms. The molecule has 1 unspecified atom stereocenters. The van der Waals surface area contributed by atoms with Gasteiger partial charge < -0.3 is 10.6 Å². The van der Waals surface area contributed by atoms with Crippen LogP contribution >= 0.6 is 0 Å². The van der Waals surface area contributed by atoms with Gasteiger partial charge in [-0.3, -0.25) is 4.98 Å². The van der Waals surface area contributed by atoms with Crippen LogP contribution in [0.2, 0.25) is 0 Å². The number of nitrogens with two attached hydrogens (primary N) is 1. The summed E-state index contributed by atoms with van der Waals surface area (Å²) in [5, 5.41) is 0. The molecule has 2 heterocycles. The predicted octanol–water partition coefficient (Wildman–Crippen LogP) is -0.441. The maximum absolute atomic E-state index is 11.5. The molecular formula is C10H16N4O2S. The highest BCUT2D eigenvalue weighted by molar-refractivity contribution is 7.91. The SMILES string of the molecule is CC1CS(=O)(=O)CCN1c1cncc(CN)n1. The van der Waals surface area contributed by atoms with Gasteiger partial charge in [0.1, 0.15) is 5.82 Å². The Kier molecular flexibility index (Phi) is 3.30. The number of sulfone groups is 1. The molecule has 1 aromatic rings. The Balaban J connectivity index is 2.23. The van der Waals surface area contributed by atoms with Crippen molar-refractivity contribution in [3.05, 3.63) is 18.1 Å². The molecule has 2 rings (SSSR count). The standard InChI is InChI=1S/C10H16N4O2S/c1-8-7-17(15,16)3-2-14(8)10-6-12-5-9(4-11)13-10/h5-6,8H,2-4,7,11H2,1H3. The van der Waals surface area contributed by atoms with Crippen LogP contribution in [0.1, 0.15) is 12.6 Å². The van der Waals surface area contributed by atoms with Crippen LogP contribution in [-0.2, 0) is 16.4 Å². The molecule has 6 nitrogen and oxygen atoms in total. The molecule has 2 N–H and O–H groups in total. The first-order valence-electron chi connectivity index (χ1n) is 5.50. The molecule has 1 aliphatic rings. The van der Waals surface area contributed by atoms with Crippen molar-refractivity contribution >= 4 is 15.7 Å². The normalized spacial score (nSPS) is 23.6. The summed E-state index contributed by atoms with van der Waals surface area (Å²) in [5.74, 6) is 1.04. The van der Waals surface area contributed by atoms with Crippen LogP contribution in [0.25, 0.3) is 0 Å². The second-order valence-corrected chi connectivity index (χ2v) is 6.46. The number of aromatic nitrogens is 2. The van der Waals surface area contributed by atoms with E-state index in [9.17, 15) is 8.42 Å². The molecule has 1 saturated heterocycles. The van der Waals surface area contributed by atoms with Gasteiger partial charge in [-0.15, -0.1) is 0 Å². The third-order valence-electron chi connectivity index (χ3n) is 2.85. The third-order valence-corrected chi connectivity index (χ3v) is 4.64. The fourth-order valence-electron chi connectivity index (χ4n) is 1.97. The van der Waals surface area contributed by atoms with E-state index in [2.05, 4.69) is 9.97 Å². The van der Waals surface area contributed by atoms with E-state index in [1.165, 1.54) is 0 Å². The summed E-state index contributed by atoms with van der Waals surface area (Å²) in [6.45, 7) is 2.68. The van der Waals surface area contributed by atoms with Gasteiger partial charge in [-0.25, -0.2) is 13.4 Å². The van der Waals surface area contributed by atoms with Crippen molar-refractivity contribution in [3.8, 4) is 0 Å². The van der Waals surface area contributed by atoms with Crippen molar-refractivity contribution in [2.75, 3.05) is 23.0 Å². The predicted molar refractivity (Wildman–Crippen MR) is 65.4 cm³/mol. The number of hydrogen-bond acceptors (Lipinski definition) is 6. The Morgan fingerprint density at radius 2 is 2.29 bits per heavy atom. The van der Waals surface area contributed by atoms with Crippen LogP contribution in [0.5, 0.6) is 0 Å². The lowest BCUT2D eigenvalue weighted by atomic mass is 10.3. The zero-order valence-electron chi connectivity index (χ0n) is 9.70. The summed E-state index contributed by atoms with van der Waals surface area (Å²) >= 11 is 0. The van der Waals surface area contributed by atoms with Crippen LogP contribution in [-0.4, -0.2) is 42.5 Å². The smallest absolute Gasteiger partial charge is 0.154 e. The molecule has 0 amide bonds. The van der Waals surface area contributed by atoms with Crippen LogP contribution in [0.3, 0.4) is 0 Å². The third kappa shape index (κ3) is 2.73. The van der Waals surface area contributed by atoms with Gasteiger partial charge in [0.25, 0.3) is 0 Å². The maximum Gasteiger partial charge on any atom is 0.154 e. The molecule has 0 bridgehead atoms. The molecule has 1 fully saturated rings. The Morgan fingerprint density at radius 3 is 2.94 bits per heavy atom. The molecule has 0 aromatic carbocycles. The molecule has 0 aliphatic carbocycles. The minimum atomic E-state index is -2.90. The molecule has 1 aromatic heterocycles. The minimum absolute atomic E-state index is 0.0731. The molecule has 0 spiro atoms. The summed E-state index contributed by atoms with van der Waals surface area (Å²) < 4.78 is 23.0. The Morgan fingerprint density at radius 1 is 1.53 bits per heavy atom. The number of nitrogens with zero attached hydrogens (tertiary/aromatic N) is 3. The highest BCUT2D eigenvalue weighted by Crippen LogP contribution is 2.18. The van der Waals surface area contributed by atoms with E-state index in [0.717, 1.165) is 0 Å². The Labute approximate surface area is 101 Å². The Bertz CT molecular complexity index is 503. The summed E-state index contributed by atoms with van der Waals surface area (Å²) in [6.07, 6.45) is 3.27. The highest BCUT2D eigenvalue weighted by atomic mass is 32.2. The van der Waals surface area contributed by atoms with Crippen molar-refractivity contribution in [1.82, 2.24) is 9.97 Å². The highest BCUT2D eigenvalue weighted by Gasteiger charge is 2.29. The van der Waals surface area contributed by atoms with Gasteiger partial charge in [0.2, 0.25) is 0 Å². The van der Waals surface area contributed by atoms with Gasteiger partial charge in [-0.05, 0) is 6.92 Å². The second kappa shape index (κ2) is 4.58. The second-order valence-electron chi connectivity index (χ2n) is 4.23. The first-order valence-corrected chi connectivity index (χ1v) is 7.32. The van der Waals surface area contributed by atoms with Gasteiger partial charge in [0, 0.05) is 25.3 Å². The quantitative estimate of drug-likeness (QED) is 0.771. The van der Waals surface area contributed by atoms with E-state index in [-0.39, 0.29) is 17.5 Å². The number of anilines is 1. The zero-order chi connectivity index (χ0) is 12.5. The maximum atomic E-state index is 11.5. The van der Waals surface area contributed by atoms with E-state index in [1.807, 2.05) is 11.8 Å². The average Bonchev–Trinajstić information content (AvgIpc) is 2.28. The molecule has 17 heavy (non-hydrogen) atoms. The van der Waals surface area contributed by atoms with Gasteiger partial charge in [0.15, 0.2) is 9.84 Å². The summed E-state index contributed by atoms with van der Waals surface area (Å²) in [7, 11) is -2.90. The first kappa shape index (κ1) is 12.3. The topological polar surface area (TPSA) is 89.2 Å². The van der Waals surface area contributed by atoms with Gasteiger partial charge in [-0.2, -0.15) is 0 Å². The summed E-state index contributed by atoms with van der Waals surface area (Å²) in [4.78, 5) is 10.4. The first-order chi connectivity index (χ1) is 8.02. The van der Waals surface area contributed by atoms with Crippen molar-refractivity contribution in [2.24, 2.45) is 5.73 Å². The monoisotopic (exact) mass is 256 g/mol. The number of hydrogen-bond donors (Lipinski definition) is 1. The summed E-state index contributed by atoms with van der Waals surface area (Å²) in [6, 6.07) is -0.0731. The molecule has 0 radical (unpaired) electrons. The largest absolute Gasteiger partial charge is 0.351 e. The van der Waals surface area contributed by atoms with Crippen molar-refractivity contribution in [3.63, 3.8) is 0 Å². The molecule has 94 valence electrons. The summed E-state index contributed by atoms with van der Waals surface area (Å²) in [5.41, 5.74) is 6.22. The van der Waals surface area contributed by atoms with Crippen molar-refractivity contribution in [1.29, 1.82) is 0 Å². The van der Waals surface area contributed by atoms with E-state index in [4.69, 9.17) is 5.73 Å². The van der Waals surface area contributed by atoms with E-state index >= 15 is 0 Å². The lowest BCUT2D eigenvalue weighted by molar-refractivity contribution is 0.566. The van der Waals surface area contributed by atoms with E-state index in [0.29, 0.717) is 24.6 Å².